The summed E-state index contributed by atoms with van der Waals surface area (Å²) >= 11 is 0. The third-order valence-electron chi connectivity index (χ3n) is 4.89. The lowest BCUT2D eigenvalue weighted by Crippen LogP contribution is -2.38. The number of carbonyl (C=O) groups excluding carboxylic acids is 1. The molecular formula is C22H17N3O5S. The lowest BCUT2D eigenvalue weighted by molar-refractivity contribution is -0.116. The zero-order valence-electron chi connectivity index (χ0n) is 16.2. The second kappa shape index (κ2) is 7.44. The molecule has 156 valence electrons. The summed E-state index contributed by atoms with van der Waals surface area (Å²) in [6, 6.07) is 20.8. The van der Waals surface area contributed by atoms with Crippen molar-refractivity contribution in [3.8, 4) is 11.5 Å². The molecule has 0 spiro atoms. The molecule has 31 heavy (non-hydrogen) atoms. The van der Waals surface area contributed by atoms with Crippen LogP contribution in [0.4, 0.5) is 5.69 Å². The molecule has 9 heteroatoms. The summed E-state index contributed by atoms with van der Waals surface area (Å²) < 4.78 is 37.6. The maximum absolute atomic E-state index is 13.1. The van der Waals surface area contributed by atoms with Crippen LogP contribution in [0.5, 0.6) is 11.5 Å². The lowest BCUT2D eigenvalue weighted by Gasteiger charge is -2.26. The molecule has 2 heterocycles. The highest BCUT2D eigenvalue weighted by Gasteiger charge is 2.34. The molecule has 0 aromatic heterocycles. The predicted octanol–water partition coefficient (Wildman–Crippen LogP) is 2.81. The van der Waals surface area contributed by atoms with Crippen LogP contribution in [0.1, 0.15) is 11.1 Å². The Bertz CT molecular complexity index is 1310. The van der Waals surface area contributed by atoms with Gasteiger partial charge in [0.1, 0.15) is 12.3 Å². The molecule has 3 aromatic carbocycles. The van der Waals surface area contributed by atoms with Gasteiger partial charge in [-0.05, 0) is 18.2 Å². The minimum Gasteiger partial charge on any atom is -0.454 e. The molecule has 0 aliphatic carbocycles. The zero-order chi connectivity index (χ0) is 21.4. The van der Waals surface area contributed by atoms with Gasteiger partial charge >= 0.3 is 0 Å². The summed E-state index contributed by atoms with van der Waals surface area (Å²) in [4.78, 5) is 12.8. The summed E-state index contributed by atoms with van der Waals surface area (Å²) in [7, 11) is -3.98. The van der Waals surface area contributed by atoms with E-state index in [1.54, 1.807) is 36.4 Å². The molecule has 3 aromatic rings. The fourth-order valence-corrected chi connectivity index (χ4v) is 4.84. The molecule has 0 saturated heterocycles. The third-order valence-corrected chi connectivity index (χ3v) is 6.57. The average Bonchev–Trinajstić information content (AvgIpc) is 3.24. The van der Waals surface area contributed by atoms with E-state index in [1.165, 1.54) is 6.07 Å². The molecule has 2 aliphatic heterocycles. The van der Waals surface area contributed by atoms with Gasteiger partial charge in [-0.25, -0.2) is 0 Å². The van der Waals surface area contributed by atoms with E-state index in [2.05, 4.69) is 10.4 Å². The van der Waals surface area contributed by atoms with Crippen molar-refractivity contribution < 1.29 is 22.7 Å². The molecule has 1 N–H and O–H groups in total. The Morgan fingerprint density at radius 1 is 0.968 bits per heavy atom. The largest absolute Gasteiger partial charge is 0.454 e. The van der Waals surface area contributed by atoms with E-state index < -0.39 is 22.5 Å². The number of hydrogen-bond acceptors (Lipinski definition) is 6. The van der Waals surface area contributed by atoms with E-state index >= 15 is 0 Å². The average molecular weight is 435 g/mol. The predicted molar refractivity (Wildman–Crippen MR) is 114 cm³/mol. The Hall–Kier alpha value is -3.85. The van der Waals surface area contributed by atoms with Crippen LogP contribution in [0, 0.1) is 0 Å². The normalized spacial score (nSPS) is 15.7. The van der Waals surface area contributed by atoms with Crippen molar-refractivity contribution in [1.29, 1.82) is 0 Å². The summed E-state index contributed by atoms with van der Waals surface area (Å²) in [5.41, 5.74) is 2.21. The van der Waals surface area contributed by atoms with Crippen molar-refractivity contribution >= 4 is 27.3 Å². The van der Waals surface area contributed by atoms with E-state index in [9.17, 15) is 13.2 Å². The molecular weight excluding hydrogens is 418 g/mol. The second-order valence-corrected chi connectivity index (χ2v) is 8.72. The fraction of sp³-hybridized carbons (Fsp3) is 0.0909. The van der Waals surface area contributed by atoms with Crippen LogP contribution < -0.4 is 14.8 Å². The maximum Gasteiger partial charge on any atom is 0.280 e. The number of nitrogens with zero attached hydrogens (tertiary/aromatic N) is 2. The Kier molecular flexibility index (Phi) is 4.59. The SMILES string of the molecule is O=C(CN1N=C(c2ccccc2)c2ccccc2S1(=O)=O)Nc1ccc2c(c1)OCO2. The number of rotatable bonds is 4. The van der Waals surface area contributed by atoms with Crippen molar-refractivity contribution in [3.05, 3.63) is 83.9 Å². The first kappa shape index (κ1) is 19.1. The van der Waals surface area contributed by atoms with Gasteiger partial charge in [0.2, 0.25) is 12.7 Å². The van der Waals surface area contributed by atoms with Crippen LogP contribution in [-0.4, -0.2) is 37.8 Å². The summed E-state index contributed by atoms with van der Waals surface area (Å²) in [6.07, 6.45) is 0. The number of amides is 1. The Morgan fingerprint density at radius 3 is 2.55 bits per heavy atom. The van der Waals surface area contributed by atoms with Crippen LogP contribution in [0.25, 0.3) is 0 Å². The minimum absolute atomic E-state index is 0.111. The van der Waals surface area contributed by atoms with E-state index in [4.69, 9.17) is 9.47 Å². The molecule has 0 saturated carbocycles. The highest BCUT2D eigenvalue weighted by Crippen LogP contribution is 2.34. The second-order valence-electron chi connectivity index (χ2n) is 6.91. The van der Waals surface area contributed by atoms with Gasteiger partial charge in [-0.1, -0.05) is 48.5 Å². The van der Waals surface area contributed by atoms with Gasteiger partial charge in [0.15, 0.2) is 11.5 Å². The number of ether oxygens (including phenoxy) is 2. The van der Waals surface area contributed by atoms with Gasteiger partial charge in [-0.3, -0.25) is 4.79 Å². The molecule has 2 aliphatic rings. The first-order valence-corrected chi connectivity index (χ1v) is 10.9. The lowest BCUT2D eigenvalue weighted by atomic mass is 10.0. The van der Waals surface area contributed by atoms with E-state index in [0.717, 1.165) is 9.98 Å². The highest BCUT2D eigenvalue weighted by molar-refractivity contribution is 7.89. The molecule has 8 nitrogen and oxygen atoms in total. The van der Waals surface area contributed by atoms with Crippen LogP contribution >= 0.6 is 0 Å². The number of fused-ring (bicyclic) bond motifs is 2. The number of benzene rings is 3. The topological polar surface area (TPSA) is 97.3 Å². The van der Waals surface area contributed by atoms with Crippen LogP contribution in [0.15, 0.2) is 82.8 Å². The zero-order valence-corrected chi connectivity index (χ0v) is 17.0. The maximum atomic E-state index is 13.1. The Labute approximate surface area is 178 Å². The minimum atomic E-state index is -3.98. The van der Waals surface area contributed by atoms with Crippen molar-refractivity contribution in [2.24, 2.45) is 5.10 Å². The number of anilines is 1. The van der Waals surface area contributed by atoms with Crippen LogP contribution in [0.3, 0.4) is 0 Å². The number of nitrogens with one attached hydrogen (secondary N) is 1. The van der Waals surface area contributed by atoms with Gasteiger partial charge < -0.3 is 14.8 Å². The van der Waals surface area contributed by atoms with E-state index in [-0.39, 0.29) is 11.7 Å². The number of hydrazone groups is 1. The van der Waals surface area contributed by atoms with Crippen LogP contribution in [-0.2, 0) is 14.8 Å². The van der Waals surface area contributed by atoms with Gasteiger partial charge in [0.25, 0.3) is 10.0 Å². The number of carbonyl (C=O) groups is 1. The quantitative estimate of drug-likeness (QED) is 0.680. The van der Waals surface area contributed by atoms with Gasteiger partial charge in [0.05, 0.1) is 4.90 Å². The molecule has 0 unspecified atom stereocenters. The van der Waals surface area contributed by atoms with Crippen LogP contribution in [0.2, 0.25) is 0 Å². The molecule has 1 amide bonds. The summed E-state index contributed by atoms with van der Waals surface area (Å²) in [5, 5.41) is 7.03. The van der Waals surface area contributed by atoms with Gasteiger partial charge in [-0.15, -0.1) is 0 Å². The summed E-state index contributed by atoms with van der Waals surface area (Å²) in [5.74, 6) is 0.574. The molecule has 0 fully saturated rings. The Morgan fingerprint density at radius 2 is 1.71 bits per heavy atom. The third kappa shape index (κ3) is 3.49. The van der Waals surface area contributed by atoms with Crippen molar-refractivity contribution in [1.82, 2.24) is 4.41 Å². The highest BCUT2D eigenvalue weighted by atomic mass is 32.2. The van der Waals surface area contributed by atoms with Crippen molar-refractivity contribution in [2.45, 2.75) is 4.90 Å². The van der Waals surface area contributed by atoms with Gasteiger partial charge in [-0.2, -0.15) is 17.9 Å². The number of hydrogen-bond donors (Lipinski definition) is 1. The van der Waals surface area contributed by atoms with E-state index in [0.29, 0.717) is 28.5 Å². The fourth-order valence-electron chi connectivity index (χ4n) is 3.45. The molecule has 0 atom stereocenters. The first-order chi connectivity index (χ1) is 15.0. The monoisotopic (exact) mass is 435 g/mol. The van der Waals surface area contributed by atoms with E-state index in [1.807, 2.05) is 30.3 Å². The number of sulfonamides is 1. The molecule has 0 bridgehead atoms. The molecule has 5 rings (SSSR count). The van der Waals surface area contributed by atoms with Crippen molar-refractivity contribution in [2.75, 3.05) is 18.7 Å². The summed E-state index contributed by atoms with van der Waals surface area (Å²) in [6.45, 7) is -0.351. The molecule has 0 radical (unpaired) electrons. The standard InChI is InChI=1S/C22H17N3O5S/c26-21(23-16-10-11-18-19(12-16)30-14-29-18)13-25-24-22(15-6-2-1-3-7-15)17-8-4-5-9-20(17)31(25,27)28/h1-12H,13-14H2,(H,23,26). The Balaban J connectivity index is 1.46. The first-order valence-electron chi connectivity index (χ1n) is 9.48. The van der Waals surface area contributed by atoms with Gasteiger partial charge in [0, 0.05) is 22.9 Å². The smallest absolute Gasteiger partial charge is 0.280 e. The van der Waals surface area contributed by atoms with Crippen molar-refractivity contribution in [3.63, 3.8) is 0 Å².